The zero-order chi connectivity index (χ0) is 18.0. The van der Waals surface area contributed by atoms with E-state index in [1.165, 1.54) is 5.56 Å². The van der Waals surface area contributed by atoms with Gasteiger partial charge in [0, 0.05) is 19.5 Å². The number of amides is 1. The number of carbonyl (C=O) groups is 1. The first-order valence-corrected chi connectivity index (χ1v) is 9.54. The molecule has 138 valence electrons. The Labute approximate surface area is 154 Å². The fourth-order valence-electron chi connectivity index (χ4n) is 4.30. The van der Waals surface area contributed by atoms with Crippen molar-refractivity contribution in [2.75, 3.05) is 19.6 Å². The molecule has 1 amide bonds. The first-order chi connectivity index (χ1) is 12.6. The number of hydrogen-bond donors (Lipinski definition) is 1. The maximum atomic E-state index is 12.4. The van der Waals surface area contributed by atoms with Crippen molar-refractivity contribution in [1.29, 1.82) is 0 Å². The Bertz CT molecular complexity index is 749. The normalized spacial score (nSPS) is 20.7. The van der Waals surface area contributed by atoms with Gasteiger partial charge in [0.2, 0.25) is 5.91 Å². The zero-order valence-corrected chi connectivity index (χ0v) is 15.4. The van der Waals surface area contributed by atoms with E-state index in [4.69, 9.17) is 0 Å². The number of benzene rings is 1. The van der Waals surface area contributed by atoms with Crippen LogP contribution in [0.25, 0.3) is 0 Å². The average Bonchev–Trinajstić information content (AvgIpc) is 3.06. The summed E-state index contributed by atoms with van der Waals surface area (Å²) in [5, 5.41) is 7.17. The lowest BCUT2D eigenvalue weighted by Gasteiger charge is -2.47. The molecule has 4 rings (SSSR count). The topological polar surface area (TPSA) is 65.1 Å². The number of nitrogens with one attached hydrogen (secondary N) is 1. The highest BCUT2D eigenvalue weighted by atomic mass is 16.2. The number of aromatic nitrogens is 3. The summed E-state index contributed by atoms with van der Waals surface area (Å²) in [6, 6.07) is 10.3. The Kier molecular flexibility index (Phi) is 4.76. The number of aromatic amines is 1. The van der Waals surface area contributed by atoms with Gasteiger partial charge in [0.1, 0.15) is 5.82 Å². The number of H-pyrrole nitrogens is 1. The van der Waals surface area contributed by atoms with E-state index in [1.54, 1.807) is 0 Å². The molecule has 0 aliphatic carbocycles. The van der Waals surface area contributed by atoms with Crippen LogP contribution in [0.5, 0.6) is 0 Å². The number of piperidine rings is 2. The molecule has 1 spiro atoms. The third-order valence-electron chi connectivity index (χ3n) is 5.89. The average molecular weight is 353 g/mol. The number of rotatable bonds is 4. The summed E-state index contributed by atoms with van der Waals surface area (Å²) in [7, 11) is 0. The monoisotopic (exact) mass is 353 g/mol. The number of aryl methyl sites for hydroxylation is 1. The standard InChI is InChI=1S/C20H27N5O/c1-16-21-18(23-22-16)14-24-11-9-20(10-12-24)8-7-19(26)25(15-20)13-17-5-3-2-4-6-17/h2-6H,7-15H2,1H3,(H,21,22,23). The summed E-state index contributed by atoms with van der Waals surface area (Å²) in [5.41, 5.74) is 1.50. The molecule has 1 N–H and O–H groups in total. The summed E-state index contributed by atoms with van der Waals surface area (Å²) in [4.78, 5) is 21.4. The molecule has 3 heterocycles. The second kappa shape index (κ2) is 7.19. The van der Waals surface area contributed by atoms with Crippen molar-refractivity contribution in [3.8, 4) is 0 Å². The van der Waals surface area contributed by atoms with E-state index in [9.17, 15) is 4.79 Å². The maximum Gasteiger partial charge on any atom is 0.222 e. The molecule has 2 aliphatic heterocycles. The molecule has 2 aliphatic rings. The van der Waals surface area contributed by atoms with Crippen LogP contribution in [0, 0.1) is 12.3 Å². The summed E-state index contributed by atoms with van der Waals surface area (Å²) in [5.74, 6) is 2.05. The predicted molar refractivity (Wildman–Crippen MR) is 99.2 cm³/mol. The van der Waals surface area contributed by atoms with Crippen LogP contribution in [0.2, 0.25) is 0 Å². The molecule has 2 aromatic rings. The van der Waals surface area contributed by atoms with Crippen molar-refractivity contribution in [1.82, 2.24) is 25.0 Å². The van der Waals surface area contributed by atoms with Crippen LogP contribution in [-0.2, 0) is 17.9 Å². The van der Waals surface area contributed by atoms with E-state index in [0.717, 1.165) is 63.6 Å². The fourth-order valence-corrected chi connectivity index (χ4v) is 4.30. The van der Waals surface area contributed by atoms with Gasteiger partial charge in [-0.15, -0.1) is 0 Å². The highest BCUT2D eigenvalue weighted by molar-refractivity contribution is 5.77. The molecule has 2 fully saturated rings. The van der Waals surface area contributed by atoms with Crippen LogP contribution in [0.3, 0.4) is 0 Å². The predicted octanol–water partition coefficient (Wildman–Crippen LogP) is 2.52. The third-order valence-corrected chi connectivity index (χ3v) is 5.89. The molecule has 0 bridgehead atoms. The minimum Gasteiger partial charge on any atom is -0.338 e. The lowest BCUT2D eigenvalue weighted by atomic mass is 9.72. The molecule has 1 aromatic heterocycles. The van der Waals surface area contributed by atoms with Crippen molar-refractivity contribution < 1.29 is 4.79 Å². The Morgan fingerprint density at radius 2 is 1.88 bits per heavy atom. The van der Waals surface area contributed by atoms with Crippen molar-refractivity contribution >= 4 is 5.91 Å². The molecule has 0 atom stereocenters. The van der Waals surface area contributed by atoms with Crippen LogP contribution < -0.4 is 0 Å². The molecule has 2 saturated heterocycles. The number of hydrogen-bond acceptors (Lipinski definition) is 4. The van der Waals surface area contributed by atoms with Gasteiger partial charge in [-0.05, 0) is 50.3 Å². The van der Waals surface area contributed by atoms with Gasteiger partial charge in [0.05, 0.1) is 6.54 Å². The Hall–Kier alpha value is -2.21. The van der Waals surface area contributed by atoms with Gasteiger partial charge in [-0.1, -0.05) is 30.3 Å². The Morgan fingerprint density at radius 1 is 1.12 bits per heavy atom. The van der Waals surface area contributed by atoms with Gasteiger partial charge < -0.3 is 4.90 Å². The lowest BCUT2D eigenvalue weighted by Crippen LogP contribution is -2.51. The maximum absolute atomic E-state index is 12.4. The molecule has 1 aromatic carbocycles. The molecule has 26 heavy (non-hydrogen) atoms. The van der Waals surface area contributed by atoms with E-state index in [-0.39, 0.29) is 5.41 Å². The smallest absolute Gasteiger partial charge is 0.222 e. The molecule has 6 nitrogen and oxygen atoms in total. The summed E-state index contributed by atoms with van der Waals surface area (Å²) >= 11 is 0. The third kappa shape index (κ3) is 3.80. The summed E-state index contributed by atoms with van der Waals surface area (Å²) in [6.07, 6.45) is 4.02. The minimum absolute atomic E-state index is 0.286. The van der Waals surface area contributed by atoms with E-state index < -0.39 is 0 Å². The summed E-state index contributed by atoms with van der Waals surface area (Å²) < 4.78 is 0. The molecule has 0 radical (unpaired) electrons. The summed E-state index contributed by atoms with van der Waals surface area (Å²) in [6.45, 7) is 6.49. The van der Waals surface area contributed by atoms with Gasteiger partial charge in [0.25, 0.3) is 0 Å². The van der Waals surface area contributed by atoms with Gasteiger partial charge in [-0.25, -0.2) is 4.98 Å². The largest absolute Gasteiger partial charge is 0.338 e. The zero-order valence-electron chi connectivity index (χ0n) is 15.4. The van der Waals surface area contributed by atoms with E-state index in [1.807, 2.05) is 25.1 Å². The second-order valence-electron chi connectivity index (χ2n) is 7.85. The van der Waals surface area contributed by atoms with Crippen molar-refractivity contribution in [3.63, 3.8) is 0 Å². The lowest BCUT2D eigenvalue weighted by molar-refractivity contribution is -0.140. The van der Waals surface area contributed by atoms with Crippen LogP contribution in [-0.4, -0.2) is 50.5 Å². The molecule has 6 heteroatoms. The van der Waals surface area contributed by atoms with E-state index in [0.29, 0.717) is 12.3 Å². The van der Waals surface area contributed by atoms with Crippen LogP contribution >= 0.6 is 0 Å². The molecule has 0 saturated carbocycles. The highest BCUT2D eigenvalue weighted by Gasteiger charge is 2.40. The number of carbonyl (C=O) groups excluding carboxylic acids is 1. The molecular formula is C20H27N5O. The van der Waals surface area contributed by atoms with Gasteiger partial charge in [-0.3, -0.25) is 14.8 Å². The van der Waals surface area contributed by atoms with Crippen LogP contribution in [0.4, 0.5) is 0 Å². The van der Waals surface area contributed by atoms with Crippen LogP contribution in [0.15, 0.2) is 30.3 Å². The first kappa shape index (κ1) is 17.2. The van der Waals surface area contributed by atoms with Crippen LogP contribution in [0.1, 0.15) is 42.9 Å². The van der Waals surface area contributed by atoms with Crippen molar-refractivity contribution in [2.24, 2.45) is 5.41 Å². The first-order valence-electron chi connectivity index (χ1n) is 9.54. The van der Waals surface area contributed by atoms with Crippen molar-refractivity contribution in [3.05, 3.63) is 47.5 Å². The Morgan fingerprint density at radius 3 is 2.58 bits per heavy atom. The van der Waals surface area contributed by atoms with E-state index in [2.05, 4.69) is 37.1 Å². The molecule has 0 unspecified atom stereocenters. The number of nitrogens with zero attached hydrogens (tertiary/aromatic N) is 4. The minimum atomic E-state index is 0.286. The molecular weight excluding hydrogens is 326 g/mol. The van der Waals surface area contributed by atoms with Gasteiger partial charge in [-0.2, -0.15) is 5.10 Å². The van der Waals surface area contributed by atoms with E-state index >= 15 is 0 Å². The quantitative estimate of drug-likeness (QED) is 0.917. The number of likely N-dealkylation sites (tertiary alicyclic amines) is 2. The fraction of sp³-hybridized carbons (Fsp3) is 0.550. The Balaban J connectivity index is 1.36. The van der Waals surface area contributed by atoms with Gasteiger partial charge >= 0.3 is 0 Å². The second-order valence-corrected chi connectivity index (χ2v) is 7.85. The highest BCUT2D eigenvalue weighted by Crippen LogP contribution is 2.40. The van der Waals surface area contributed by atoms with Crippen molar-refractivity contribution in [2.45, 2.75) is 45.7 Å². The van der Waals surface area contributed by atoms with Gasteiger partial charge in [0.15, 0.2) is 5.82 Å². The SMILES string of the molecule is Cc1nc(CN2CCC3(CCC(=O)N(Cc4ccccc4)C3)CC2)n[nH]1.